The van der Waals surface area contributed by atoms with Gasteiger partial charge in [-0.2, -0.15) is 0 Å². The predicted octanol–water partition coefficient (Wildman–Crippen LogP) is 2.75. The zero-order valence-corrected chi connectivity index (χ0v) is 6.73. The van der Waals surface area contributed by atoms with Crippen LogP contribution in [0.25, 0.3) is 0 Å². The Labute approximate surface area is 65.4 Å². The standard InChI is InChI=1S/C8H12F2O/c1-7(3-9)5-11-6-8(2)4-10/h3-4H,5-6H2,1-2H3. The molecule has 0 saturated heterocycles. The Morgan fingerprint density at radius 2 is 1.45 bits per heavy atom. The Kier molecular flexibility index (Phi) is 5.65. The van der Waals surface area contributed by atoms with Crippen molar-refractivity contribution >= 4 is 0 Å². The van der Waals surface area contributed by atoms with E-state index in [4.69, 9.17) is 4.74 Å². The lowest BCUT2D eigenvalue weighted by atomic mass is 10.3. The molecule has 1 nitrogen and oxygen atoms in total. The van der Waals surface area contributed by atoms with Gasteiger partial charge in [0, 0.05) is 0 Å². The van der Waals surface area contributed by atoms with Crippen LogP contribution in [0.2, 0.25) is 0 Å². The molecule has 64 valence electrons. The smallest absolute Gasteiger partial charge is 0.0879 e. The quantitative estimate of drug-likeness (QED) is 0.617. The van der Waals surface area contributed by atoms with Gasteiger partial charge >= 0.3 is 0 Å². The van der Waals surface area contributed by atoms with Crippen LogP contribution in [0, 0.1) is 0 Å². The van der Waals surface area contributed by atoms with Crippen molar-refractivity contribution in [3.8, 4) is 0 Å². The maximum absolute atomic E-state index is 11.7. The average Bonchev–Trinajstić information content (AvgIpc) is 2.04. The molecular formula is C8H12F2O. The summed E-state index contributed by atoms with van der Waals surface area (Å²) in [5.74, 6) is 0. The molecule has 3 heteroatoms. The Morgan fingerprint density at radius 3 is 1.73 bits per heavy atom. The first kappa shape index (κ1) is 10.3. The number of rotatable bonds is 4. The van der Waals surface area contributed by atoms with E-state index in [9.17, 15) is 8.78 Å². The van der Waals surface area contributed by atoms with Gasteiger partial charge in [0.15, 0.2) is 0 Å². The van der Waals surface area contributed by atoms with Crippen LogP contribution in [-0.2, 0) is 4.74 Å². The van der Waals surface area contributed by atoms with Crippen LogP contribution in [0.5, 0.6) is 0 Å². The van der Waals surface area contributed by atoms with Gasteiger partial charge in [0.05, 0.1) is 25.9 Å². The summed E-state index contributed by atoms with van der Waals surface area (Å²) in [6.45, 7) is 3.63. The van der Waals surface area contributed by atoms with Gasteiger partial charge < -0.3 is 4.74 Å². The molecule has 0 aliphatic rings. The van der Waals surface area contributed by atoms with Crippen molar-refractivity contribution in [1.29, 1.82) is 0 Å². The van der Waals surface area contributed by atoms with Crippen LogP contribution in [0.1, 0.15) is 13.8 Å². The molecule has 0 aromatic heterocycles. The highest BCUT2D eigenvalue weighted by molar-refractivity contribution is 4.95. The average molecular weight is 162 g/mol. The van der Waals surface area contributed by atoms with Crippen molar-refractivity contribution in [2.24, 2.45) is 0 Å². The molecule has 0 aromatic carbocycles. The molecular weight excluding hydrogens is 150 g/mol. The van der Waals surface area contributed by atoms with E-state index in [1.807, 2.05) is 0 Å². The summed E-state index contributed by atoms with van der Waals surface area (Å²) in [7, 11) is 0. The summed E-state index contributed by atoms with van der Waals surface area (Å²) in [6.07, 6.45) is 0.961. The van der Waals surface area contributed by atoms with Crippen molar-refractivity contribution in [2.75, 3.05) is 13.2 Å². The molecule has 0 aliphatic carbocycles. The maximum atomic E-state index is 11.7. The minimum Gasteiger partial charge on any atom is -0.373 e. The predicted molar refractivity (Wildman–Crippen MR) is 40.5 cm³/mol. The SMILES string of the molecule is CC(=CF)COCC(C)=CF. The first-order chi connectivity index (χ1) is 5.20. The Balaban J connectivity index is 3.43. The van der Waals surface area contributed by atoms with E-state index >= 15 is 0 Å². The summed E-state index contributed by atoms with van der Waals surface area (Å²) in [5.41, 5.74) is 0.994. The molecule has 0 atom stereocenters. The fraction of sp³-hybridized carbons (Fsp3) is 0.500. The molecule has 0 aromatic rings. The molecule has 11 heavy (non-hydrogen) atoms. The Hall–Kier alpha value is -0.700. The van der Waals surface area contributed by atoms with Crippen LogP contribution in [0.15, 0.2) is 23.8 Å². The lowest BCUT2D eigenvalue weighted by molar-refractivity contribution is 0.178. The van der Waals surface area contributed by atoms with Gasteiger partial charge in [0.1, 0.15) is 0 Å². The second-order valence-electron chi connectivity index (χ2n) is 2.40. The highest BCUT2D eigenvalue weighted by atomic mass is 19.1. The molecule has 0 bridgehead atoms. The molecule has 0 spiro atoms. The van der Waals surface area contributed by atoms with Crippen molar-refractivity contribution < 1.29 is 13.5 Å². The third-order valence-electron chi connectivity index (χ3n) is 1.03. The summed E-state index contributed by atoms with van der Waals surface area (Å²) >= 11 is 0. The second kappa shape index (κ2) is 6.04. The molecule has 0 N–H and O–H groups in total. The van der Waals surface area contributed by atoms with E-state index in [-0.39, 0.29) is 13.2 Å². The van der Waals surface area contributed by atoms with Gasteiger partial charge in [0.25, 0.3) is 0 Å². The number of hydrogen-bond donors (Lipinski definition) is 0. The van der Waals surface area contributed by atoms with Crippen LogP contribution in [-0.4, -0.2) is 13.2 Å². The molecule has 0 rings (SSSR count). The van der Waals surface area contributed by atoms with Crippen molar-refractivity contribution in [2.45, 2.75) is 13.8 Å². The molecule has 0 amide bonds. The fourth-order valence-corrected chi connectivity index (χ4v) is 0.436. The molecule has 0 saturated carbocycles. The minimum atomic E-state index is 0.210. The van der Waals surface area contributed by atoms with Gasteiger partial charge in [0.2, 0.25) is 0 Å². The van der Waals surface area contributed by atoms with Gasteiger partial charge in [-0.1, -0.05) is 0 Å². The summed E-state index contributed by atoms with van der Waals surface area (Å²) in [4.78, 5) is 0. The summed E-state index contributed by atoms with van der Waals surface area (Å²) in [6, 6.07) is 0. The highest BCUT2D eigenvalue weighted by Crippen LogP contribution is 1.98. The van der Waals surface area contributed by atoms with Crippen molar-refractivity contribution in [3.05, 3.63) is 23.8 Å². The zero-order valence-electron chi connectivity index (χ0n) is 6.73. The van der Waals surface area contributed by atoms with E-state index in [2.05, 4.69) is 0 Å². The van der Waals surface area contributed by atoms with E-state index in [0.717, 1.165) is 0 Å². The summed E-state index contributed by atoms with van der Waals surface area (Å²) in [5, 5.41) is 0. The first-order valence-electron chi connectivity index (χ1n) is 3.30. The van der Waals surface area contributed by atoms with Crippen LogP contribution >= 0.6 is 0 Å². The van der Waals surface area contributed by atoms with E-state index in [1.165, 1.54) is 0 Å². The lowest BCUT2D eigenvalue weighted by Crippen LogP contribution is -1.98. The van der Waals surface area contributed by atoms with Crippen molar-refractivity contribution in [3.63, 3.8) is 0 Å². The van der Waals surface area contributed by atoms with E-state index < -0.39 is 0 Å². The van der Waals surface area contributed by atoms with E-state index in [0.29, 0.717) is 23.8 Å². The van der Waals surface area contributed by atoms with Crippen LogP contribution in [0.4, 0.5) is 8.78 Å². The largest absolute Gasteiger partial charge is 0.373 e. The third-order valence-corrected chi connectivity index (χ3v) is 1.03. The van der Waals surface area contributed by atoms with Crippen molar-refractivity contribution in [1.82, 2.24) is 0 Å². The van der Waals surface area contributed by atoms with Gasteiger partial charge in [-0.15, -0.1) is 0 Å². The normalized spacial score (nSPS) is 13.8. The van der Waals surface area contributed by atoms with E-state index in [1.54, 1.807) is 13.8 Å². The minimum absolute atomic E-state index is 0.210. The number of ether oxygens (including phenoxy) is 1. The second-order valence-corrected chi connectivity index (χ2v) is 2.40. The van der Waals surface area contributed by atoms with Crippen LogP contribution < -0.4 is 0 Å². The maximum Gasteiger partial charge on any atom is 0.0879 e. The Bertz CT molecular complexity index is 143. The molecule has 0 fully saturated rings. The number of halogens is 2. The van der Waals surface area contributed by atoms with Gasteiger partial charge in [-0.25, -0.2) is 8.78 Å². The first-order valence-corrected chi connectivity index (χ1v) is 3.30. The lowest BCUT2D eigenvalue weighted by Gasteiger charge is -2.01. The van der Waals surface area contributed by atoms with Gasteiger partial charge in [-0.3, -0.25) is 0 Å². The molecule has 0 unspecified atom stereocenters. The number of hydrogen-bond acceptors (Lipinski definition) is 1. The Morgan fingerprint density at radius 1 is 1.09 bits per heavy atom. The highest BCUT2D eigenvalue weighted by Gasteiger charge is 1.91. The fourth-order valence-electron chi connectivity index (χ4n) is 0.436. The zero-order chi connectivity index (χ0) is 8.69. The topological polar surface area (TPSA) is 9.23 Å². The monoisotopic (exact) mass is 162 g/mol. The molecule has 0 radical (unpaired) electrons. The van der Waals surface area contributed by atoms with Crippen LogP contribution in [0.3, 0.4) is 0 Å². The third kappa shape index (κ3) is 5.73. The summed E-state index contributed by atoms with van der Waals surface area (Å²) < 4.78 is 28.2. The molecule has 0 aliphatic heterocycles. The van der Waals surface area contributed by atoms with Gasteiger partial charge in [-0.05, 0) is 25.0 Å². The molecule has 0 heterocycles.